The van der Waals surface area contributed by atoms with E-state index in [1.54, 1.807) is 18.2 Å². The minimum absolute atomic E-state index is 0.103. The molecule has 0 aliphatic carbocycles. The number of anilines is 2. The fourth-order valence-corrected chi connectivity index (χ4v) is 4.06. The molecule has 0 atom stereocenters. The van der Waals surface area contributed by atoms with Gasteiger partial charge < -0.3 is 4.90 Å². The average molecular weight is 468 g/mol. The van der Waals surface area contributed by atoms with Crippen molar-refractivity contribution in [3.8, 4) is 0 Å². The lowest BCUT2D eigenvalue weighted by atomic mass is 10.2. The number of sulfonamides is 1. The summed E-state index contributed by atoms with van der Waals surface area (Å²) < 4.78 is 62.5. The predicted octanol–water partition coefficient (Wildman–Crippen LogP) is 4.70. The number of amides is 2. The number of para-hydroxylation sites is 2. The van der Waals surface area contributed by atoms with Crippen LogP contribution in [-0.4, -0.2) is 37.9 Å². The van der Waals surface area contributed by atoms with Crippen molar-refractivity contribution in [2.45, 2.75) is 12.1 Å². The fraction of sp³-hybridized carbons (Fsp3) is 0.235. The van der Waals surface area contributed by atoms with E-state index in [1.807, 2.05) is 0 Å². The maximum Gasteiger partial charge on any atom is 0.516 e. The van der Waals surface area contributed by atoms with E-state index in [2.05, 4.69) is 0 Å². The first kappa shape index (κ1) is 21.5. The minimum Gasteiger partial charge on any atom is -0.318 e. The number of nitrogens with one attached hydrogen (secondary N) is 1. The number of urea groups is 1. The molecule has 1 aliphatic rings. The Morgan fingerprint density at radius 2 is 1.62 bits per heavy atom. The zero-order valence-corrected chi connectivity index (χ0v) is 16.9. The van der Waals surface area contributed by atoms with E-state index < -0.39 is 21.6 Å². The molecule has 0 saturated carbocycles. The van der Waals surface area contributed by atoms with E-state index in [0.717, 1.165) is 0 Å². The summed E-state index contributed by atoms with van der Waals surface area (Å²) in [5.74, 6) is 0. The van der Waals surface area contributed by atoms with Gasteiger partial charge in [-0.25, -0.2) is 4.79 Å². The molecule has 0 radical (unpaired) electrons. The third kappa shape index (κ3) is 4.39. The van der Waals surface area contributed by atoms with Crippen molar-refractivity contribution in [2.75, 3.05) is 22.7 Å². The topological polar surface area (TPSA) is 69.7 Å². The predicted molar refractivity (Wildman–Crippen MR) is 105 cm³/mol. The van der Waals surface area contributed by atoms with Gasteiger partial charge in [0.05, 0.1) is 21.4 Å². The number of carbonyl (C=O) groups is 1. The van der Waals surface area contributed by atoms with Gasteiger partial charge >= 0.3 is 21.6 Å². The molecule has 156 valence electrons. The Kier molecular flexibility index (Phi) is 5.88. The molecule has 2 aromatic rings. The summed E-state index contributed by atoms with van der Waals surface area (Å²) in [5, 5.41) is 0.567. The van der Waals surface area contributed by atoms with Crippen LogP contribution in [0.2, 0.25) is 10.0 Å². The Balaban J connectivity index is 1.83. The highest BCUT2D eigenvalue weighted by Gasteiger charge is 2.46. The van der Waals surface area contributed by atoms with Crippen LogP contribution < -0.4 is 9.62 Å². The molecule has 2 aromatic carbocycles. The van der Waals surface area contributed by atoms with Crippen LogP contribution in [-0.2, 0) is 16.6 Å². The standard InChI is InChI=1S/C17H14Cl2F3N3O3S/c18-12-5-3-6-13(19)15(12)25-9-8-24(16(25)26)10-11-4-1-2-7-14(11)23-29(27,28)17(20,21)22/h1-7,23H,8-10H2. The summed E-state index contributed by atoms with van der Waals surface area (Å²) in [7, 11) is -5.58. The zero-order valence-electron chi connectivity index (χ0n) is 14.6. The van der Waals surface area contributed by atoms with Crippen LogP contribution in [0.4, 0.5) is 29.3 Å². The van der Waals surface area contributed by atoms with Crippen LogP contribution >= 0.6 is 23.2 Å². The van der Waals surface area contributed by atoms with Crippen molar-refractivity contribution >= 4 is 50.6 Å². The van der Waals surface area contributed by atoms with Crippen LogP contribution in [0.5, 0.6) is 0 Å². The van der Waals surface area contributed by atoms with Crippen molar-refractivity contribution in [3.63, 3.8) is 0 Å². The Bertz CT molecular complexity index is 1030. The Hall–Kier alpha value is -2.17. The number of hydrogen-bond donors (Lipinski definition) is 1. The molecular weight excluding hydrogens is 454 g/mol. The monoisotopic (exact) mass is 467 g/mol. The average Bonchev–Trinajstić information content (AvgIpc) is 2.96. The normalized spacial score (nSPS) is 15.1. The molecule has 1 N–H and O–H groups in total. The van der Waals surface area contributed by atoms with Gasteiger partial charge in [0.25, 0.3) is 0 Å². The van der Waals surface area contributed by atoms with Crippen molar-refractivity contribution in [1.82, 2.24) is 4.90 Å². The molecule has 6 nitrogen and oxygen atoms in total. The quantitative estimate of drug-likeness (QED) is 0.692. The van der Waals surface area contributed by atoms with Gasteiger partial charge in [-0.3, -0.25) is 9.62 Å². The number of carbonyl (C=O) groups excluding carboxylic acids is 1. The van der Waals surface area contributed by atoms with Crippen LogP contribution in [0.1, 0.15) is 5.56 Å². The maximum atomic E-state index is 12.8. The molecule has 0 spiro atoms. The Morgan fingerprint density at radius 3 is 2.24 bits per heavy atom. The first-order chi connectivity index (χ1) is 13.5. The van der Waals surface area contributed by atoms with Gasteiger partial charge in [-0.2, -0.15) is 21.6 Å². The number of halogens is 5. The molecule has 0 aromatic heterocycles. The molecule has 12 heteroatoms. The molecule has 1 aliphatic heterocycles. The molecule has 3 rings (SSSR count). The van der Waals surface area contributed by atoms with E-state index in [9.17, 15) is 26.4 Å². The van der Waals surface area contributed by atoms with Crippen LogP contribution in [0.15, 0.2) is 42.5 Å². The second kappa shape index (κ2) is 7.92. The van der Waals surface area contributed by atoms with Crippen molar-refractivity contribution in [1.29, 1.82) is 0 Å². The summed E-state index contributed by atoms with van der Waals surface area (Å²) in [6.07, 6.45) is 0. The number of hydrogen-bond acceptors (Lipinski definition) is 3. The summed E-state index contributed by atoms with van der Waals surface area (Å²) in [6, 6.07) is 9.90. The van der Waals surface area contributed by atoms with Crippen molar-refractivity contribution in [2.24, 2.45) is 0 Å². The highest BCUT2D eigenvalue weighted by atomic mass is 35.5. The lowest BCUT2D eigenvalue weighted by Gasteiger charge is -2.22. The van der Waals surface area contributed by atoms with E-state index in [1.165, 1.54) is 38.8 Å². The number of rotatable bonds is 5. The molecule has 29 heavy (non-hydrogen) atoms. The lowest BCUT2D eigenvalue weighted by Crippen LogP contribution is -2.33. The van der Waals surface area contributed by atoms with E-state index in [0.29, 0.717) is 5.69 Å². The number of nitrogens with zero attached hydrogens (tertiary/aromatic N) is 2. The van der Waals surface area contributed by atoms with Gasteiger partial charge in [0, 0.05) is 19.6 Å². The molecule has 1 heterocycles. The minimum atomic E-state index is -5.58. The van der Waals surface area contributed by atoms with Crippen LogP contribution in [0.25, 0.3) is 0 Å². The van der Waals surface area contributed by atoms with Crippen molar-refractivity contribution < 1.29 is 26.4 Å². The number of benzene rings is 2. The Morgan fingerprint density at radius 1 is 1.00 bits per heavy atom. The lowest BCUT2D eigenvalue weighted by molar-refractivity contribution is -0.0429. The summed E-state index contributed by atoms with van der Waals surface area (Å²) in [5.41, 5.74) is -5.16. The maximum absolute atomic E-state index is 12.8. The second-order valence-electron chi connectivity index (χ2n) is 6.13. The third-order valence-corrected chi connectivity index (χ3v) is 5.94. The highest BCUT2D eigenvalue weighted by molar-refractivity contribution is 7.93. The first-order valence-corrected chi connectivity index (χ1v) is 10.4. The van der Waals surface area contributed by atoms with Crippen LogP contribution in [0.3, 0.4) is 0 Å². The molecular formula is C17H14Cl2F3N3O3S. The SMILES string of the molecule is O=C1N(Cc2ccccc2NS(=O)(=O)C(F)(F)F)CCN1c1c(Cl)cccc1Cl. The smallest absolute Gasteiger partial charge is 0.318 e. The summed E-state index contributed by atoms with van der Waals surface area (Å²) in [6.45, 7) is 0.410. The molecule has 0 unspecified atom stereocenters. The molecule has 1 fully saturated rings. The summed E-state index contributed by atoms with van der Waals surface area (Å²) >= 11 is 12.3. The zero-order chi connectivity index (χ0) is 21.4. The van der Waals surface area contributed by atoms with Gasteiger partial charge in [0.2, 0.25) is 0 Å². The molecule has 0 bridgehead atoms. The van der Waals surface area contributed by atoms with Gasteiger partial charge in [0.1, 0.15) is 0 Å². The highest BCUT2D eigenvalue weighted by Crippen LogP contribution is 2.36. The molecule has 2 amide bonds. The Labute approximate surface area is 174 Å². The van der Waals surface area contributed by atoms with E-state index in [4.69, 9.17) is 23.2 Å². The van der Waals surface area contributed by atoms with Gasteiger partial charge in [0.15, 0.2) is 0 Å². The van der Waals surface area contributed by atoms with Gasteiger partial charge in [-0.15, -0.1) is 0 Å². The largest absolute Gasteiger partial charge is 0.516 e. The van der Waals surface area contributed by atoms with Crippen LogP contribution in [0, 0.1) is 0 Å². The van der Waals surface area contributed by atoms with Gasteiger partial charge in [-0.1, -0.05) is 47.5 Å². The summed E-state index contributed by atoms with van der Waals surface area (Å²) in [4.78, 5) is 15.5. The van der Waals surface area contributed by atoms with Gasteiger partial charge in [-0.05, 0) is 23.8 Å². The molecule has 1 saturated heterocycles. The van der Waals surface area contributed by atoms with Crippen molar-refractivity contribution in [3.05, 3.63) is 58.1 Å². The number of alkyl halides is 3. The second-order valence-corrected chi connectivity index (χ2v) is 8.62. The van der Waals surface area contributed by atoms with E-state index >= 15 is 0 Å². The van der Waals surface area contributed by atoms with E-state index in [-0.39, 0.29) is 40.9 Å². The third-order valence-electron chi connectivity index (χ3n) is 4.23. The first-order valence-electron chi connectivity index (χ1n) is 8.19. The fourth-order valence-electron chi connectivity index (χ4n) is 2.85.